The fraction of sp³-hybridized carbons (Fsp3) is 0.438. The Morgan fingerprint density at radius 1 is 0.684 bits per heavy atom. The molecule has 6 nitrogen and oxygen atoms in total. The fourth-order valence-corrected chi connectivity index (χ4v) is 5.86. The van der Waals surface area contributed by atoms with Gasteiger partial charge in [-0.05, 0) is 79.5 Å². The lowest BCUT2D eigenvalue weighted by atomic mass is 9.99. The summed E-state index contributed by atoms with van der Waals surface area (Å²) in [6.07, 6.45) is 6.16. The molecule has 0 saturated carbocycles. The number of hydrogen-bond acceptors (Lipinski definition) is 6. The van der Waals surface area contributed by atoms with Crippen molar-refractivity contribution in [2.45, 2.75) is 56.7 Å². The Bertz CT molecular complexity index is 1080. The van der Waals surface area contributed by atoms with Gasteiger partial charge in [-0.3, -0.25) is 4.90 Å². The zero-order valence-electron chi connectivity index (χ0n) is 23.1. The van der Waals surface area contributed by atoms with Gasteiger partial charge in [0.05, 0.1) is 41.1 Å². The first-order valence-electron chi connectivity index (χ1n) is 13.5. The van der Waals surface area contributed by atoms with Crippen molar-refractivity contribution in [3.63, 3.8) is 0 Å². The van der Waals surface area contributed by atoms with Gasteiger partial charge in [0.1, 0.15) is 0 Å². The van der Waals surface area contributed by atoms with E-state index < -0.39 is 0 Å². The maximum Gasteiger partial charge on any atom is 0.160 e. The van der Waals surface area contributed by atoms with Crippen molar-refractivity contribution in [2.75, 3.05) is 35.0 Å². The molecule has 3 atom stereocenters. The monoisotopic (exact) mass is 519 g/mol. The van der Waals surface area contributed by atoms with E-state index in [4.69, 9.17) is 18.9 Å². The molecule has 1 aliphatic heterocycles. The van der Waals surface area contributed by atoms with Crippen LogP contribution in [0.3, 0.4) is 0 Å². The Morgan fingerprint density at radius 2 is 1.16 bits per heavy atom. The summed E-state index contributed by atoms with van der Waals surface area (Å²) in [6, 6.07) is 23.5. The molecule has 0 aromatic heterocycles. The van der Waals surface area contributed by atoms with Crippen molar-refractivity contribution >= 4 is 0 Å². The Labute approximate surface area is 227 Å². The van der Waals surface area contributed by atoms with Gasteiger partial charge < -0.3 is 24.1 Å². The Morgan fingerprint density at radius 3 is 1.58 bits per heavy atom. The molecule has 0 spiro atoms. The number of methoxy groups -OCH3 is 4. The van der Waals surface area contributed by atoms with Crippen LogP contribution in [-0.2, 0) is 12.8 Å². The number of nitrogens with zero attached hydrogens (tertiary/aromatic N) is 1. The highest BCUT2D eigenvalue weighted by molar-refractivity contribution is 5.43. The van der Waals surface area contributed by atoms with Crippen LogP contribution < -0.4 is 18.9 Å². The van der Waals surface area contributed by atoms with Crippen molar-refractivity contribution in [3.05, 3.63) is 83.4 Å². The lowest BCUT2D eigenvalue weighted by Gasteiger charge is -2.37. The third-order valence-electron chi connectivity index (χ3n) is 7.82. The largest absolute Gasteiger partial charge is 0.493 e. The van der Waals surface area contributed by atoms with Crippen molar-refractivity contribution < 1.29 is 24.1 Å². The number of aryl methyl sites for hydroxylation is 2. The van der Waals surface area contributed by atoms with Gasteiger partial charge in [-0.1, -0.05) is 42.5 Å². The van der Waals surface area contributed by atoms with Crippen LogP contribution in [0.25, 0.3) is 0 Å². The number of benzene rings is 3. The van der Waals surface area contributed by atoms with E-state index in [1.807, 2.05) is 18.2 Å². The van der Waals surface area contributed by atoms with E-state index in [0.717, 1.165) is 61.5 Å². The first kappa shape index (κ1) is 27.8. The first-order valence-corrected chi connectivity index (χ1v) is 13.5. The molecule has 4 rings (SSSR count). The summed E-state index contributed by atoms with van der Waals surface area (Å²) in [5.41, 5.74) is 3.64. The molecule has 0 amide bonds. The summed E-state index contributed by atoms with van der Waals surface area (Å²) in [4.78, 5) is 2.59. The maximum atomic E-state index is 10.6. The second-order valence-electron chi connectivity index (χ2n) is 9.90. The average molecular weight is 520 g/mol. The maximum absolute atomic E-state index is 10.6. The normalized spacial score (nSPS) is 18.2. The van der Waals surface area contributed by atoms with Gasteiger partial charge in [0.15, 0.2) is 23.0 Å². The lowest BCUT2D eigenvalue weighted by Crippen LogP contribution is -2.41. The quantitative estimate of drug-likeness (QED) is 0.306. The highest BCUT2D eigenvalue weighted by atomic mass is 16.5. The second-order valence-corrected chi connectivity index (χ2v) is 9.90. The molecule has 1 heterocycles. The topological polar surface area (TPSA) is 60.4 Å². The molecule has 6 heteroatoms. The first-order chi connectivity index (χ1) is 18.6. The van der Waals surface area contributed by atoms with Gasteiger partial charge >= 0.3 is 0 Å². The number of aliphatic hydroxyl groups excluding tert-OH is 1. The average Bonchev–Trinajstić information content (AvgIpc) is 3.37. The fourth-order valence-electron chi connectivity index (χ4n) is 5.86. The van der Waals surface area contributed by atoms with Gasteiger partial charge in [-0.15, -0.1) is 0 Å². The van der Waals surface area contributed by atoms with Crippen molar-refractivity contribution in [1.29, 1.82) is 0 Å². The van der Waals surface area contributed by atoms with Crippen LogP contribution in [0.2, 0.25) is 0 Å². The summed E-state index contributed by atoms with van der Waals surface area (Å²) in [5, 5.41) is 10.6. The Hall–Kier alpha value is -3.22. The van der Waals surface area contributed by atoms with E-state index >= 15 is 0 Å². The van der Waals surface area contributed by atoms with Crippen LogP contribution in [-0.4, -0.2) is 57.1 Å². The molecular formula is C32H41NO5. The molecule has 38 heavy (non-hydrogen) atoms. The molecule has 1 saturated heterocycles. The molecular weight excluding hydrogens is 478 g/mol. The van der Waals surface area contributed by atoms with Gasteiger partial charge in [-0.25, -0.2) is 0 Å². The number of ether oxygens (including phenoxy) is 4. The van der Waals surface area contributed by atoms with E-state index in [2.05, 4.69) is 53.4 Å². The van der Waals surface area contributed by atoms with Crippen LogP contribution in [0.4, 0.5) is 0 Å². The smallest absolute Gasteiger partial charge is 0.160 e. The van der Waals surface area contributed by atoms with Gasteiger partial charge in [0, 0.05) is 12.1 Å². The third-order valence-corrected chi connectivity index (χ3v) is 7.82. The number of likely N-dealkylation sites (tertiary alicyclic amines) is 1. The lowest BCUT2D eigenvalue weighted by molar-refractivity contribution is 0.0707. The standard InChI is InChI=1S/C32H41NO5/c1-35-29-18-12-23(20-31(29)37-3)10-14-26-16-17-27(33(26)28(22-34)25-8-6-5-7-9-25)15-11-24-13-19-30(36-2)32(21-24)38-4/h5-9,12-13,18-21,26-28,34H,10-11,14-17,22H2,1-4H3/t26-,27+,28-/m0/s1. The molecule has 0 bridgehead atoms. The molecule has 3 aromatic carbocycles. The van der Waals surface area contributed by atoms with Gasteiger partial charge in [0.25, 0.3) is 0 Å². The highest BCUT2D eigenvalue weighted by Gasteiger charge is 2.38. The van der Waals surface area contributed by atoms with Crippen LogP contribution in [0.5, 0.6) is 23.0 Å². The number of rotatable bonds is 13. The summed E-state index contributed by atoms with van der Waals surface area (Å²) < 4.78 is 21.9. The summed E-state index contributed by atoms with van der Waals surface area (Å²) in [7, 11) is 6.67. The molecule has 3 aromatic rings. The van der Waals surface area contributed by atoms with Gasteiger partial charge in [0.2, 0.25) is 0 Å². The predicted molar refractivity (Wildman–Crippen MR) is 151 cm³/mol. The number of aliphatic hydroxyl groups is 1. The number of hydrogen-bond donors (Lipinski definition) is 1. The minimum atomic E-state index is -0.0236. The molecule has 1 fully saturated rings. The zero-order chi connectivity index (χ0) is 26.9. The predicted octanol–water partition coefficient (Wildman–Crippen LogP) is 5.85. The molecule has 0 aliphatic carbocycles. The molecule has 1 N–H and O–H groups in total. The van der Waals surface area contributed by atoms with Crippen molar-refractivity contribution in [2.24, 2.45) is 0 Å². The van der Waals surface area contributed by atoms with Crippen LogP contribution in [0.1, 0.15) is 48.4 Å². The third kappa shape index (κ3) is 6.43. The SMILES string of the molecule is COc1ccc(CC[C@@H]2CC[C@H](CCc3ccc(OC)c(OC)c3)N2[C@@H](CO)c2ccccc2)cc1OC. The highest BCUT2D eigenvalue weighted by Crippen LogP contribution is 2.38. The Kier molecular flexibility index (Phi) is 9.91. The van der Waals surface area contributed by atoms with E-state index in [9.17, 15) is 5.11 Å². The Balaban J connectivity index is 1.52. The minimum Gasteiger partial charge on any atom is -0.493 e. The second kappa shape index (κ2) is 13.5. The van der Waals surface area contributed by atoms with Crippen molar-refractivity contribution in [1.82, 2.24) is 4.90 Å². The van der Waals surface area contributed by atoms with Crippen LogP contribution in [0.15, 0.2) is 66.7 Å². The van der Waals surface area contributed by atoms with Crippen LogP contribution >= 0.6 is 0 Å². The molecule has 0 radical (unpaired) electrons. The zero-order valence-corrected chi connectivity index (χ0v) is 23.1. The summed E-state index contributed by atoms with van der Waals surface area (Å²) in [6.45, 7) is 0.101. The molecule has 0 unspecified atom stereocenters. The summed E-state index contributed by atoms with van der Waals surface area (Å²) >= 11 is 0. The summed E-state index contributed by atoms with van der Waals surface area (Å²) in [5.74, 6) is 3.02. The van der Waals surface area contributed by atoms with E-state index in [0.29, 0.717) is 12.1 Å². The van der Waals surface area contributed by atoms with Gasteiger partial charge in [-0.2, -0.15) is 0 Å². The van der Waals surface area contributed by atoms with Crippen molar-refractivity contribution in [3.8, 4) is 23.0 Å². The minimum absolute atomic E-state index is 0.0236. The van der Waals surface area contributed by atoms with E-state index in [1.165, 1.54) is 16.7 Å². The molecule has 1 aliphatic rings. The van der Waals surface area contributed by atoms with Crippen LogP contribution in [0, 0.1) is 0 Å². The van der Waals surface area contributed by atoms with E-state index in [1.54, 1.807) is 28.4 Å². The van der Waals surface area contributed by atoms with E-state index in [-0.39, 0.29) is 12.6 Å². The molecule has 204 valence electrons.